The molecule has 1 rings (SSSR count). The molecule has 0 aliphatic heterocycles. The third-order valence-electron chi connectivity index (χ3n) is 1.29. The number of amides is 1. The van der Waals surface area contributed by atoms with Crippen LogP contribution in [0.25, 0.3) is 0 Å². The van der Waals surface area contributed by atoms with Crippen LogP contribution in [0, 0.1) is 0 Å². The maximum absolute atomic E-state index is 11.7. The van der Waals surface area contributed by atoms with E-state index >= 15 is 0 Å². The predicted molar refractivity (Wildman–Crippen MR) is 63.8 cm³/mol. The normalized spacial score (nSPS) is 9.12. The highest BCUT2D eigenvalue weighted by Gasteiger charge is 2.38. The van der Waals surface area contributed by atoms with Crippen LogP contribution in [-0.4, -0.2) is 12.1 Å². The first-order valence-corrected chi connectivity index (χ1v) is 5.43. The van der Waals surface area contributed by atoms with Gasteiger partial charge in [-0.3, -0.25) is 4.79 Å². The Kier molecular flexibility index (Phi) is 10.2. The molecule has 0 aromatic heterocycles. The van der Waals surface area contributed by atoms with Gasteiger partial charge < -0.3 is 5.32 Å². The fourth-order valence-electron chi connectivity index (χ4n) is 0.723. The number of anilines is 1. The smallest absolute Gasteiger partial charge is 0.318 e. The van der Waals surface area contributed by atoms with Gasteiger partial charge in [0.2, 0.25) is 0 Å². The molecule has 5 heteroatoms. The molecule has 0 aliphatic rings. The number of carbonyl (C=O) groups excluding carboxylic acids is 1. The molecule has 2 nitrogen and oxygen atoms in total. The van der Waals surface area contributed by atoms with Crippen LogP contribution >= 0.6 is 0 Å². The van der Waals surface area contributed by atoms with Crippen molar-refractivity contribution in [1.82, 2.24) is 0 Å². The van der Waals surface area contributed by atoms with Crippen molar-refractivity contribution in [3.63, 3.8) is 0 Å². The van der Waals surface area contributed by atoms with E-state index in [4.69, 9.17) is 0 Å². The van der Waals surface area contributed by atoms with E-state index in [0.29, 0.717) is 0 Å². The van der Waals surface area contributed by atoms with E-state index in [2.05, 4.69) is 0 Å². The molecule has 0 fully saturated rings. The minimum Gasteiger partial charge on any atom is -0.318 e. The maximum atomic E-state index is 11.7. The average Bonchev–Trinajstić information content (AvgIpc) is 2.34. The van der Waals surface area contributed by atoms with Crippen LogP contribution in [-0.2, 0) is 4.79 Å². The van der Waals surface area contributed by atoms with Gasteiger partial charge in [0.1, 0.15) is 0 Å². The summed E-state index contributed by atoms with van der Waals surface area (Å²) < 4.78 is 35.2. The second-order valence-corrected chi connectivity index (χ2v) is 2.32. The first kappa shape index (κ1) is 17.9. The van der Waals surface area contributed by atoms with E-state index in [1.54, 1.807) is 11.4 Å². The minimum atomic E-state index is -4.84. The molecule has 1 aromatic rings. The van der Waals surface area contributed by atoms with E-state index in [1.807, 2.05) is 27.7 Å². The van der Waals surface area contributed by atoms with Gasteiger partial charge in [-0.1, -0.05) is 45.9 Å². The van der Waals surface area contributed by atoms with Crippen LogP contribution in [0.2, 0.25) is 0 Å². The highest BCUT2D eigenvalue weighted by Crippen LogP contribution is 2.17. The zero-order valence-electron chi connectivity index (χ0n) is 10.4. The first-order chi connectivity index (χ1) is 8.00. The first-order valence-electron chi connectivity index (χ1n) is 5.43. The van der Waals surface area contributed by atoms with Crippen LogP contribution < -0.4 is 5.32 Å². The quantitative estimate of drug-likeness (QED) is 0.792. The average molecular weight is 249 g/mol. The van der Waals surface area contributed by atoms with Gasteiger partial charge in [0.15, 0.2) is 0 Å². The standard InChI is InChI=1S/C8H6F3NO.2C2H6/c9-8(10,11)7(13)12-6-4-2-1-3-5-6;2*1-2/h1-5H,(H,12,13);2*1-2H3. The van der Waals surface area contributed by atoms with Gasteiger partial charge in [0.05, 0.1) is 0 Å². The summed E-state index contributed by atoms with van der Waals surface area (Å²) in [5, 5.41) is 1.72. The molecule has 1 aromatic carbocycles. The lowest BCUT2D eigenvalue weighted by atomic mass is 10.3. The molecule has 0 unspecified atom stereocenters. The number of benzene rings is 1. The van der Waals surface area contributed by atoms with Gasteiger partial charge in [-0.15, -0.1) is 0 Å². The Morgan fingerprint density at radius 1 is 1.00 bits per heavy atom. The zero-order chi connectivity index (χ0) is 13.9. The number of para-hydroxylation sites is 1. The lowest BCUT2D eigenvalue weighted by Crippen LogP contribution is -2.29. The van der Waals surface area contributed by atoms with Crippen molar-refractivity contribution in [3.8, 4) is 0 Å². The molecule has 0 bridgehead atoms. The summed E-state index contributed by atoms with van der Waals surface area (Å²) in [6.45, 7) is 8.00. The molecule has 0 saturated carbocycles. The third-order valence-corrected chi connectivity index (χ3v) is 1.29. The molecule has 1 N–H and O–H groups in total. The molecule has 0 radical (unpaired) electrons. The Hall–Kier alpha value is -1.52. The fourth-order valence-corrected chi connectivity index (χ4v) is 0.723. The highest BCUT2D eigenvalue weighted by atomic mass is 19.4. The second kappa shape index (κ2) is 9.69. The summed E-state index contributed by atoms with van der Waals surface area (Å²) in [4.78, 5) is 10.4. The Morgan fingerprint density at radius 2 is 1.41 bits per heavy atom. The molecule has 0 heterocycles. The number of hydrogen-bond donors (Lipinski definition) is 1. The number of hydrogen-bond acceptors (Lipinski definition) is 1. The number of rotatable bonds is 1. The monoisotopic (exact) mass is 249 g/mol. The van der Waals surface area contributed by atoms with E-state index < -0.39 is 12.1 Å². The van der Waals surface area contributed by atoms with E-state index in [9.17, 15) is 18.0 Å². The van der Waals surface area contributed by atoms with Crippen molar-refractivity contribution in [2.75, 3.05) is 5.32 Å². The SMILES string of the molecule is CC.CC.O=C(Nc1ccccc1)C(F)(F)F. The van der Waals surface area contributed by atoms with Crippen LogP contribution in [0.15, 0.2) is 30.3 Å². The Balaban J connectivity index is 0. The maximum Gasteiger partial charge on any atom is 0.471 e. The number of alkyl halides is 3. The summed E-state index contributed by atoms with van der Waals surface area (Å²) in [6.07, 6.45) is -4.84. The van der Waals surface area contributed by atoms with E-state index in [0.717, 1.165) is 0 Å². The summed E-state index contributed by atoms with van der Waals surface area (Å²) in [7, 11) is 0. The molecule has 98 valence electrons. The number of halogens is 3. The molecular weight excluding hydrogens is 231 g/mol. The predicted octanol–water partition coefficient (Wildman–Crippen LogP) is 4.24. The van der Waals surface area contributed by atoms with Gasteiger partial charge in [-0.05, 0) is 12.1 Å². The molecule has 0 atom stereocenters. The molecule has 0 saturated heterocycles. The van der Waals surface area contributed by atoms with Crippen molar-refractivity contribution in [2.45, 2.75) is 33.9 Å². The van der Waals surface area contributed by atoms with Crippen molar-refractivity contribution < 1.29 is 18.0 Å². The van der Waals surface area contributed by atoms with Crippen molar-refractivity contribution in [3.05, 3.63) is 30.3 Å². The Morgan fingerprint density at radius 3 is 1.76 bits per heavy atom. The third kappa shape index (κ3) is 8.30. The number of carbonyl (C=O) groups is 1. The molecular formula is C12H18F3NO. The van der Waals surface area contributed by atoms with Gasteiger partial charge in [-0.25, -0.2) is 0 Å². The van der Waals surface area contributed by atoms with Crippen LogP contribution in [0.3, 0.4) is 0 Å². The van der Waals surface area contributed by atoms with Crippen molar-refractivity contribution in [1.29, 1.82) is 0 Å². The van der Waals surface area contributed by atoms with Crippen LogP contribution in [0.4, 0.5) is 18.9 Å². The summed E-state index contributed by atoms with van der Waals surface area (Å²) in [5.74, 6) is -1.96. The Labute approximate surface area is 99.8 Å². The summed E-state index contributed by atoms with van der Waals surface area (Å²) in [6, 6.07) is 7.47. The lowest BCUT2D eigenvalue weighted by Gasteiger charge is -2.06. The van der Waals surface area contributed by atoms with Crippen LogP contribution in [0.1, 0.15) is 27.7 Å². The van der Waals surface area contributed by atoms with Gasteiger partial charge >= 0.3 is 12.1 Å². The minimum absolute atomic E-state index is 0.129. The Bertz CT molecular complexity index is 296. The molecule has 0 spiro atoms. The zero-order valence-corrected chi connectivity index (χ0v) is 10.4. The second-order valence-electron chi connectivity index (χ2n) is 2.32. The molecule has 17 heavy (non-hydrogen) atoms. The highest BCUT2D eigenvalue weighted by molar-refractivity contribution is 5.94. The molecule has 0 aliphatic carbocycles. The van der Waals surface area contributed by atoms with Gasteiger partial charge in [0, 0.05) is 5.69 Å². The summed E-state index contributed by atoms with van der Waals surface area (Å²) in [5.41, 5.74) is 0.129. The van der Waals surface area contributed by atoms with Crippen LogP contribution in [0.5, 0.6) is 0 Å². The summed E-state index contributed by atoms with van der Waals surface area (Å²) >= 11 is 0. The van der Waals surface area contributed by atoms with E-state index in [-0.39, 0.29) is 5.69 Å². The van der Waals surface area contributed by atoms with Crippen molar-refractivity contribution in [2.24, 2.45) is 0 Å². The van der Waals surface area contributed by atoms with E-state index in [1.165, 1.54) is 24.3 Å². The fraction of sp³-hybridized carbons (Fsp3) is 0.417. The molecule has 1 amide bonds. The number of nitrogens with one attached hydrogen (secondary N) is 1. The van der Waals surface area contributed by atoms with Crippen molar-refractivity contribution >= 4 is 11.6 Å². The van der Waals surface area contributed by atoms with Gasteiger partial charge in [-0.2, -0.15) is 13.2 Å². The topological polar surface area (TPSA) is 29.1 Å². The largest absolute Gasteiger partial charge is 0.471 e. The lowest BCUT2D eigenvalue weighted by molar-refractivity contribution is -0.167. The van der Waals surface area contributed by atoms with Gasteiger partial charge in [0.25, 0.3) is 0 Å².